The molecule has 4 rings (SSSR count). The van der Waals surface area contributed by atoms with Crippen LogP contribution >= 0.6 is 15.9 Å². The second kappa shape index (κ2) is 6.24. The minimum absolute atomic E-state index is 0.265. The molecule has 120 valence electrons. The van der Waals surface area contributed by atoms with Gasteiger partial charge in [0.05, 0.1) is 23.5 Å². The number of benzene rings is 2. The number of H-pyrrole nitrogens is 1. The van der Waals surface area contributed by atoms with E-state index < -0.39 is 0 Å². The van der Waals surface area contributed by atoms with Crippen molar-refractivity contribution in [3.05, 3.63) is 82.0 Å². The summed E-state index contributed by atoms with van der Waals surface area (Å²) in [6.07, 6.45) is 4.04. The molecule has 0 amide bonds. The topological polar surface area (TPSA) is 31.9 Å². The monoisotopic (exact) mass is 383 g/mol. The van der Waals surface area contributed by atoms with Crippen molar-refractivity contribution < 1.29 is 4.39 Å². The molecule has 0 bridgehead atoms. The molecule has 3 nitrogen and oxygen atoms in total. The molecule has 1 aliphatic heterocycles. The molecule has 1 aromatic heterocycles. The minimum Gasteiger partial charge on any atom is -0.367 e. The maximum Gasteiger partial charge on any atom is 0.141 e. The standard InChI is InChI=1S/C19H15BrFN3/c20-14-7-5-13(6-8-14)11-24-10-9-17-18(12-24)23-19(22-17)15-3-1-2-4-16(15)21/h1-10H,11-12H2,(H,22,23). The average Bonchev–Trinajstić information content (AvgIpc) is 3.00. The van der Waals surface area contributed by atoms with Crippen LogP contribution < -0.4 is 0 Å². The number of halogens is 2. The third-order valence-electron chi connectivity index (χ3n) is 4.04. The molecular weight excluding hydrogens is 369 g/mol. The molecule has 0 spiro atoms. The Balaban J connectivity index is 1.55. The van der Waals surface area contributed by atoms with Gasteiger partial charge >= 0.3 is 0 Å². The Morgan fingerprint density at radius 1 is 1.12 bits per heavy atom. The first-order chi connectivity index (χ1) is 11.7. The van der Waals surface area contributed by atoms with Gasteiger partial charge in [0.1, 0.15) is 11.6 Å². The first kappa shape index (κ1) is 15.1. The molecule has 5 heteroatoms. The molecule has 2 aromatic carbocycles. The van der Waals surface area contributed by atoms with E-state index in [2.05, 4.69) is 42.9 Å². The first-order valence-electron chi connectivity index (χ1n) is 7.69. The lowest BCUT2D eigenvalue weighted by atomic mass is 10.2. The van der Waals surface area contributed by atoms with E-state index >= 15 is 0 Å². The quantitative estimate of drug-likeness (QED) is 0.692. The summed E-state index contributed by atoms with van der Waals surface area (Å²) in [6, 6.07) is 15.0. The van der Waals surface area contributed by atoms with Gasteiger partial charge in [-0.2, -0.15) is 0 Å². The molecular formula is C19H15BrFN3. The predicted molar refractivity (Wildman–Crippen MR) is 96.4 cm³/mol. The van der Waals surface area contributed by atoms with Gasteiger partial charge in [0.15, 0.2) is 0 Å². The summed E-state index contributed by atoms with van der Waals surface area (Å²) in [5, 5.41) is 0. The summed E-state index contributed by atoms with van der Waals surface area (Å²) < 4.78 is 15.0. The average molecular weight is 384 g/mol. The first-order valence-corrected chi connectivity index (χ1v) is 8.49. The van der Waals surface area contributed by atoms with E-state index in [9.17, 15) is 4.39 Å². The zero-order valence-corrected chi connectivity index (χ0v) is 14.4. The molecule has 0 saturated heterocycles. The maximum atomic E-state index is 13.9. The lowest BCUT2D eigenvalue weighted by Gasteiger charge is -2.22. The number of imidazole rings is 1. The molecule has 1 aliphatic rings. The Morgan fingerprint density at radius 3 is 2.71 bits per heavy atom. The zero-order chi connectivity index (χ0) is 16.5. The highest BCUT2D eigenvalue weighted by Crippen LogP contribution is 2.25. The molecule has 1 N–H and O–H groups in total. The Hall–Kier alpha value is -2.40. The van der Waals surface area contributed by atoms with Crippen molar-refractivity contribution in [2.24, 2.45) is 0 Å². The number of nitrogens with zero attached hydrogens (tertiary/aromatic N) is 2. The number of hydrogen-bond acceptors (Lipinski definition) is 2. The van der Waals surface area contributed by atoms with E-state index in [4.69, 9.17) is 0 Å². The second-order valence-corrected chi connectivity index (χ2v) is 6.69. The van der Waals surface area contributed by atoms with Crippen molar-refractivity contribution in [1.29, 1.82) is 0 Å². The third kappa shape index (κ3) is 2.99. The van der Waals surface area contributed by atoms with Crippen LogP contribution in [0.2, 0.25) is 0 Å². The van der Waals surface area contributed by atoms with E-state index in [1.807, 2.05) is 30.5 Å². The summed E-state index contributed by atoms with van der Waals surface area (Å²) in [5.74, 6) is 0.313. The van der Waals surface area contributed by atoms with Crippen molar-refractivity contribution in [2.45, 2.75) is 13.1 Å². The lowest BCUT2D eigenvalue weighted by Crippen LogP contribution is -2.19. The SMILES string of the molecule is Fc1ccccc1-c1nc2c([nH]1)C=CN(Cc1ccc(Br)cc1)C2. The fourth-order valence-electron chi connectivity index (χ4n) is 2.82. The van der Waals surface area contributed by atoms with Crippen LogP contribution in [0.4, 0.5) is 4.39 Å². The Labute approximate surface area is 148 Å². The zero-order valence-electron chi connectivity index (χ0n) is 12.8. The molecule has 3 aromatic rings. The van der Waals surface area contributed by atoms with Gasteiger partial charge in [0, 0.05) is 17.2 Å². The van der Waals surface area contributed by atoms with Crippen molar-refractivity contribution >= 4 is 22.0 Å². The van der Waals surface area contributed by atoms with Gasteiger partial charge in [-0.1, -0.05) is 40.2 Å². The molecule has 0 saturated carbocycles. The van der Waals surface area contributed by atoms with Gasteiger partial charge < -0.3 is 9.88 Å². The van der Waals surface area contributed by atoms with E-state index in [-0.39, 0.29) is 5.82 Å². The van der Waals surface area contributed by atoms with Crippen LogP contribution in [0, 0.1) is 5.82 Å². The van der Waals surface area contributed by atoms with Crippen LogP contribution in [0.15, 0.2) is 59.2 Å². The molecule has 0 aliphatic carbocycles. The summed E-state index contributed by atoms with van der Waals surface area (Å²) in [4.78, 5) is 10.00. The van der Waals surface area contributed by atoms with Crippen molar-refractivity contribution in [3.63, 3.8) is 0 Å². The molecule has 0 atom stereocenters. The van der Waals surface area contributed by atoms with Crippen molar-refractivity contribution in [3.8, 4) is 11.4 Å². The Bertz CT molecular complexity index is 899. The van der Waals surface area contributed by atoms with E-state index in [1.54, 1.807) is 12.1 Å². The smallest absolute Gasteiger partial charge is 0.141 e. The van der Waals surface area contributed by atoms with Crippen molar-refractivity contribution in [1.82, 2.24) is 14.9 Å². The highest BCUT2D eigenvalue weighted by molar-refractivity contribution is 9.10. The largest absolute Gasteiger partial charge is 0.367 e. The summed E-state index contributed by atoms with van der Waals surface area (Å²) >= 11 is 3.45. The van der Waals surface area contributed by atoms with E-state index in [1.165, 1.54) is 11.6 Å². The van der Waals surface area contributed by atoms with Gasteiger partial charge in [-0.25, -0.2) is 9.37 Å². The highest BCUT2D eigenvalue weighted by Gasteiger charge is 2.17. The van der Waals surface area contributed by atoms with E-state index in [0.717, 1.165) is 22.4 Å². The normalized spacial score (nSPS) is 13.2. The number of nitrogens with one attached hydrogen (secondary N) is 1. The van der Waals surface area contributed by atoms with Gasteiger partial charge in [0.25, 0.3) is 0 Å². The summed E-state index contributed by atoms with van der Waals surface area (Å²) in [7, 11) is 0. The summed E-state index contributed by atoms with van der Waals surface area (Å²) in [6.45, 7) is 1.51. The number of hydrogen-bond donors (Lipinski definition) is 1. The van der Waals surface area contributed by atoms with Crippen LogP contribution in [-0.2, 0) is 13.1 Å². The molecule has 0 fully saturated rings. The van der Waals surface area contributed by atoms with Crippen molar-refractivity contribution in [2.75, 3.05) is 0 Å². The molecule has 2 heterocycles. The fraction of sp³-hybridized carbons (Fsp3) is 0.105. The summed E-state index contributed by atoms with van der Waals surface area (Å²) in [5.41, 5.74) is 3.61. The van der Waals surface area contributed by atoms with Gasteiger partial charge in [-0.3, -0.25) is 0 Å². The molecule has 0 unspecified atom stereocenters. The van der Waals surface area contributed by atoms with Gasteiger partial charge in [-0.15, -0.1) is 0 Å². The van der Waals surface area contributed by atoms with E-state index in [0.29, 0.717) is 17.9 Å². The van der Waals surface area contributed by atoms with Crippen LogP contribution in [0.5, 0.6) is 0 Å². The predicted octanol–water partition coefficient (Wildman–Crippen LogP) is 4.96. The minimum atomic E-state index is -0.265. The second-order valence-electron chi connectivity index (χ2n) is 5.77. The van der Waals surface area contributed by atoms with Gasteiger partial charge in [0.2, 0.25) is 0 Å². The van der Waals surface area contributed by atoms with Gasteiger partial charge in [-0.05, 0) is 35.9 Å². The Kier molecular flexibility index (Phi) is 3.94. The fourth-order valence-corrected chi connectivity index (χ4v) is 3.08. The van der Waals surface area contributed by atoms with Crippen LogP contribution in [0.25, 0.3) is 17.5 Å². The van der Waals surface area contributed by atoms with Crippen LogP contribution in [0.1, 0.15) is 17.0 Å². The lowest BCUT2D eigenvalue weighted by molar-refractivity contribution is 0.355. The number of aromatic amines is 1. The number of aromatic nitrogens is 2. The number of fused-ring (bicyclic) bond motifs is 1. The molecule has 24 heavy (non-hydrogen) atoms. The number of rotatable bonds is 3. The maximum absolute atomic E-state index is 13.9. The third-order valence-corrected chi connectivity index (χ3v) is 4.57. The highest BCUT2D eigenvalue weighted by atomic mass is 79.9. The van der Waals surface area contributed by atoms with Crippen LogP contribution in [-0.4, -0.2) is 14.9 Å². The Morgan fingerprint density at radius 2 is 1.92 bits per heavy atom. The molecule has 0 radical (unpaired) electrons. The van der Waals surface area contributed by atoms with Crippen LogP contribution in [0.3, 0.4) is 0 Å².